The SMILES string of the molecule is CNC(=O)NC[C@H]1CCC2(CCN(C(=O)c3ccccn3)CC2)CO1. The number of ether oxygens (including phenoxy) is 1. The van der Waals surface area contributed by atoms with Crippen molar-refractivity contribution in [1.29, 1.82) is 0 Å². The molecule has 2 aliphatic heterocycles. The summed E-state index contributed by atoms with van der Waals surface area (Å²) < 4.78 is 5.99. The summed E-state index contributed by atoms with van der Waals surface area (Å²) in [5.74, 6) is 0.0137. The maximum atomic E-state index is 12.5. The normalized spacial score (nSPS) is 22.4. The van der Waals surface area contributed by atoms with Gasteiger partial charge in [0.15, 0.2) is 0 Å². The Balaban J connectivity index is 1.46. The van der Waals surface area contributed by atoms with Gasteiger partial charge in [-0.05, 0) is 43.2 Å². The first-order chi connectivity index (χ1) is 12.1. The number of carbonyl (C=O) groups is 2. The van der Waals surface area contributed by atoms with Crippen molar-refractivity contribution in [2.24, 2.45) is 5.41 Å². The molecule has 3 rings (SSSR count). The minimum absolute atomic E-state index is 0.0137. The zero-order valence-electron chi connectivity index (χ0n) is 14.7. The predicted molar refractivity (Wildman–Crippen MR) is 93.2 cm³/mol. The molecular weight excluding hydrogens is 320 g/mol. The summed E-state index contributed by atoms with van der Waals surface area (Å²) in [5.41, 5.74) is 0.684. The molecule has 0 bridgehead atoms. The van der Waals surface area contributed by atoms with Gasteiger partial charge in [0.2, 0.25) is 0 Å². The fraction of sp³-hybridized carbons (Fsp3) is 0.611. The lowest BCUT2D eigenvalue weighted by atomic mass is 9.73. The Kier molecular flexibility index (Phi) is 5.53. The van der Waals surface area contributed by atoms with Crippen LogP contribution in [0.5, 0.6) is 0 Å². The first-order valence-electron chi connectivity index (χ1n) is 8.89. The molecule has 1 spiro atoms. The monoisotopic (exact) mass is 346 g/mol. The van der Waals surface area contributed by atoms with Gasteiger partial charge in [0, 0.05) is 32.9 Å². The number of aromatic nitrogens is 1. The number of pyridine rings is 1. The second-order valence-electron chi connectivity index (χ2n) is 6.94. The van der Waals surface area contributed by atoms with Crippen molar-refractivity contribution in [3.05, 3.63) is 30.1 Å². The van der Waals surface area contributed by atoms with Gasteiger partial charge >= 0.3 is 6.03 Å². The largest absolute Gasteiger partial charge is 0.376 e. The molecule has 0 saturated carbocycles. The van der Waals surface area contributed by atoms with Crippen LogP contribution in [0.2, 0.25) is 0 Å². The minimum atomic E-state index is -0.176. The molecule has 7 heteroatoms. The highest BCUT2D eigenvalue weighted by Gasteiger charge is 2.40. The number of hydrogen-bond donors (Lipinski definition) is 2. The van der Waals surface area contributed by atoms with Gasteiger partial charge in [0.1, 0.15) is 5.69 Å². The number of amides is 3. The summed E-state index contributed by atoms with van der Waals surface area (Å²) in [5, 5.41) is 5.34. The number of carbonyl (C=O) groups excluding carboxylic acids is 2. The Morgan fingerprint density at radius 3 is 2.72 bits per heavy atom. The maximum Gasteiger partial charge on any atom is 0.314 e. The van der Waals surface area contributed by atoms with Gasteiger partial charge in [-0.2, -0.15) is 0 Å². The van der Waals surface area contributed by atoms with Gasteiger partial charge in [-0.15, -0.1) is 0 Å². The number of likely N-dealkylation sites (tertiary alicyclic amines) is 1. The van der Waals surface area contributed by atoms with Crippen LogP contribution in [-0.4, -0.2) is 61.2 Å². The molecule has 0 unspecified atom stereocenters. The average molecular weight is 346 g/mol. The molecule has 136 valence electrons. The van der Waals surface area contributed by atoms with Gasteiger partial charge in [0.25, 0.3) is 5.91 Å². The van der Waals surface area contributed by atoms with Crippen LogP contribution in [0.4, 0.5) is 4.79 Å². The summed E-state index contributed by atoms with van der Waals surface area (Å²) in [6, 6.07) is 5.25. The van der Waals surface area contributed by atoms with E-state index in [1.807, 2.05) is 17.0 Å². The van der Waals surface area contributed by atoms with E-state index in [1.165, 1.54) is 0 Å². The van der Waals surface area contributed by atoms with Crippen molar-refractivity contribution in [3.8, 4) is 0 Å². The van der Waals surface area contributed by atoms with Crippen LogP contribution in [0.1, 0.15) is 36.2 Å². The number of piperidine rings is 1. The second-order valence-corrected chi connectivity index (χ2v) is 6.94. The molecule has 1 aromatic heterocycles. The Bertz CT molecular complexity index is 590. The molecule has 0 radical (unpaired) electrons. The van der Waals surface area contributed by atoms with Crippen LogP contribution in [0, 0.1) is 5.41 Å². The van der Waals surface area contributed by atoms with Gasteiger partial charge < -0.3 is 20.3 Å². The van der Waals surface area contributed by atoms with Gasteiger partial charge in [-0.25, -0.2) is 4.79 Å². The topological polar surface area (TPSA) is 83.6 Å². The van der Waals surface area contributed by atoms with E-state index in [4.69, 9.17) is 4.74 Å². The molecule has 1 aromatic rings. The summed E-state index contributed by atoms with van der Waals surface area (Å²) in [4.78, 5) is 29.8. The highest BCUT2D eigenvalue weighted by molar-refractivity contribution is 5.92. The first-order valence-corrected chi connectivity index (χ1v) is 8.89. The maximum absolute atomic E-state index is 12.5. The van der Waals surface area contributed by atoms with Gasteiger partial charge in [-0.3, -0.25) is 9.78 Å². The van der Waals surface area contributed by atoms with Crippen molar-refractivity contribution in [2.75, 3.05) is 33.3 Å². The summed E-state index contributed by atoms with van der Waals surface area (Å²) in [6.07, 6.45) is 5.68. The lowest BCUT2D eigenvalue weighted by molar-refractivity contribution is -0.0807. The van der Waals surface area contributed by atoms with E-state index >= 15 is 0 Å². The molecule has 7 nitrogen and oxygen atoms in total. The molecule has 2 aliphatic rings. The van der Waals surface area contributed by atoms with E-state index in [0.717, 1.165) is 38.8 Å². The van der Waals surface area contributed by atoms with Crippen molar-refractivity contribution >= 4 is 11.9 Å². The van der Waals surface area contributed by atoms with E-state index in [1.54, 1.807) is 19.3 Å². The number of hydrogen-bond acceptors (Lipinski definition) is 4. The van der Waals surface area contributed by atoms with Crippen molar-refractivity contribution in [3.63, 3.8) is 0 Å². The molecule has 0 aromatic carbocycles. The lowest BCUT2D eigenvalue weighted by Gasteiger charge is -2.45. The Morgan fingerprint density at radius 2 is 2.12 bits per heavy atom. The van der Waals surface area contributed by atoms with E-state index in [2.05, 4.69) is 15.6 Å². The molecule has 2 N–H and O–H groups in total. The Morgan fingerprint density at radius 1 is 1.32 bits per heavy atom. The quantitative estimate of drug-likeness (QED) is 0.867. The zero-order valence-corrected chi connectivity index (χ0v) is 14.7. The van der Waals surface area contributed by atoms with E-state index in [0.29, 0.717) is 18.8 Å². The van der Waals surface area contributed by atoms with Crippen molar-refractivity contribution in [1.82, 2.24) is 20.5 Å². The third-order valence-electron chi connectivity index (χ3n) is 5.33. The van der Waals surface area contributed by atoms with E-state index in [9.17, 15) is 9.59 Å². The number of rotatable bonds is 3. The molecule has 2 saturated heterocycles. The number of nitrogens with zero attached hydrogens (tertiary/aromatic N) is 2. The predicted octanol–water partition coefficient (Wildman–Crippen LogP) is 1.41. The minimum Gasteiger partial charge on any atom is -0.376 e. The second kappa shape index (κ2) is 7.82. The van der Waals surface area contributed by atoms with Crippen molar-refractivity contribution in [2.45, 2.75) is 31.8 Å². The van der Waals surface area contributed by atoms with Crippen LogP contribution >= 0.6 is 0 Å². The fourth-order valence-electron chi connectivity index (χ4n) is 3.60. The Labute approximate surface area is 148 Å². The van der Waals surface area contributed by atoms with Gasteiger partial charge in [-0.1, -0.05) is 6.07 Å². The highest BCUT2D eigenvalue weighted by atomic mass is 16.5. The smallest absolute Gasteiger partial charge is 0.314 e. The number of nitrogens with one attached hydrogen (secondary N) is 2. The van der Waals surface area contributed by atoms with Crippen molar-refractivity contribution < 1.29 is 14.3 Å². The van der Waals surface area contributed by atoms with Crippen LogP contribution in [0.15, 0.2) is 24.4 Å². The van der Waals surface area contributed by atoms with E-state index < -0.39 is 0 Å². The standard InChI is InChI=1S/C18H26N4O3/c1-19-17(24)21-12-14-5-6-18(13-25-14)7-10-22(11-8-18)16(23)15-4-2-3-9-20-15/h2-4,9,14H,5-8,10-13H2,1H3,(H2,19,21,24)/t14-/m1/s1. The third kappa shape index (κ3) is 4.28. The fourth-order valence-corrected chi connectivity index (χ4v) is 3.60. The highest BCUT2D eigenvalue weighted by Crippen LogP contribution is 2.40. The zero-order chi connectivity index (χ0) is 17.7. The number of urea groups is 1. The molecule has 0 aliphatic carbocycles. The van der Waals surface area contributed by atoms with Crippen LogP contribution in [0.25, 0.3) is 0 Å². The lowest BCUT2D eigenvalue weighted by Crippen LogP contribution is -2.49. The van der Waals surface area contributed by atoms with Crippen LogP contribution in [-0.2, 0) is 4.74 Å². The molecule has 3 heterocycles. The molecular formula is C18H26N4O3. The summed E-state index contributed by atoms with van der Waals surface area (Å²) in [7, 11) is 1.60. The van der Waals surface area contributed by atoms with Gasteiger partial charge in [0.05, 0.1) is 12.7 Å². The summed E-state index contributed by atoms with van der Waals surface area (Å²) in [6.45, 7) is 2.75. The van der Waals surface area contributed by atoms with Crippen LogP contribution < -0.4 is 10.6 Å². The average Bonchev–Trinajstić information content (AvgIpc) is 2.68. The Hall–Kier alpha value is -2.15. The molecule has 25 heavy (non-hydrogen) atoms. The third-order valence-corrected chi connectivity index (χ3v) is 5.33. The van der Waals surface area contributed by atoms with E-state index in [-0.39, 0.29) is 23.5 Å². The van der Waals surface area contributed by atoms with Crippen LogP contribution in [0.3, 0.4) is 0 Å². The summed E-state index contributed by atoms with van der Waals surface area (Å²) >= 11 is 0. The molecule has 1 atom stereocenters. The molecule has 2 fully saturated rings. The first kappa shape index (κ1) is 17.7. The molecule has 3 amide bonds.